The van der Waals surface area contributed by atoms with E-state index in [1.54, 1.807) is 11.8 Å². The van der Waals surface area contributed by atoms with E-state index in [0.29, 0.717) is 13.0 Å². The average Bonchev–Trinajstić information content (AvgIpc) is 3.22. The van der Waals surface area contributed by atoms with Crippen LogP contribution in [-0.4, -0.2) is 42.1 Å². The van der Waals surface area contributed by atoms with Crippen LogP contribution in [0.4, 0.5) is 0 Å². The molecule has 0 spiro atoms. The first-order valence-corrected chi connectivity index (χ1v) is 7.39. The van der Waals surface area contributed by atoms with Gasteiger partial charge in [0.25, 0.3) is 5.91 Å². The third-order valence-corrected chi connectivity index (χ3v) is 3.80. The molecular formula is C16H19NO4. The fourth-order valence-corrected chi connectivity index (χ4v) is 2.62. The molecule has 0 bridgehead atoms. The van der Waals surface area contributed by atoms with E-state index in [-0.39, 0.29) is 24.5 Å². The number of fused-ring (bicyclic) bond motifs is 1. The molecule has 1 aromatic carbocycles. The van der Waals surface area contributed by atoms with Crippen LogP contribution in [0.1, 0.15) is 25.3 Å². The van der Waals surface area contributed by atoms with E-state index in [1.165, 1.54) is 0 Å². The number of rotatable bonds is 5. The molecular weight excluding hydrogens is 270 g/mol. The maximum Gasteiger partial charge on any atom is 0.325 e. The van der Waals surface area contributed by atoms with Crippen LogP contribution in [0, 0.1) is 0 Å². The van der Waals surface area contributed by atoms with Gasteiger partial charge >= 0.3 is 5.97 Å². The fourth-order valence-electron chi connectivity index (χ4n) is 2.62. The van der Waals surface area contributed by atoms with Gasteiger partial charge in [0.1, 0.15) is 12.3 Å². The number of carbonyl (C=O) groups is 2. The molecule has 1 saturated carbocycles. The van der Waals surface area contributed by atoms with Crippen LogP contribution in [-0.2, 0) is 20.7 Å². The first kappa shape index (κ1) is 13.9. The van der Waals surface area contributed by atoms with E-state index >= 15 is 0 Å². The Balaban J connectivity index is 1.67. The second-order valence-corrected chi connectivity index (χ2v) is 5.42. The van der Waals surface area contributed by atoms with E-state index in [9.17, 15) is 9.59 Å². The zero-order valence-corrected chi connectivity index (χ0v) is 12.1. The van der Waals surface area contributed by atoms with Crippen molar-refractivity contribution in [3.63, 3.8) is 0 Å². The van der Waals surface area contributed by atoms with E-state index < -0.39 is 6.10 Å². The number of benzene rings is 1. The molecule has 1 heterocycles. The lowest BCUT2D eigenvalue weighted by Gasteiger charge is -2.24. The summed E-state index contributed by atoms with van der Waals surface area (Å²) >= 11 is 0. The lowest BCUT2D eigenvalue weighted by molar-refractivity contribution is -0.151. The first-order chi connectivity index (χ1) is 10.2. The van der Waals surface area contributed by atoms with Gasteiger partial charge in [0.15, 0.2) is 6.10 Å². The van der Waals surface area contributed by atoms with Crippen molar-refractivity contribution in [1.29, 1.82) is 0 Å². The Hall–Kier alpha value is -2.04. The molecule has 1 amide bonds. The SMILES string of the molecule is CCOC(=O)CN(C(=O)C1Cc2ccccc2O1)C1CC1. The van der Waals surface area contributed by atoms with Gasteiger partial charge in [0.2, 0.25) is 0 Å². The average molecular weight is 289 g/mol. The summed E-state index contributed by atoms with van der Waals surface area (Å²) in [7, 11) is 0. The van der Waals surface area contributed by atoms with Crippen molar-refractivity contribution in [3.05, 3.63) is 29.8 Å². The van der Waals surface area contributed by atoms with E-state index in [2.05, 4.69) is 0 Å². The Morgan fingerprint density at radius 1 is 1.33 bits per heavy atom. The number of para-hydroxylation sites is 1. The normalized spacial score (nSPS) is 19.6. The van der Waals surface area contributed by atoms with Gasteiger partial charge in [-0.15, -0.1) is 0 Å². The van der Waals surface area contributed by atoms with Crippen LogP contribution in [0.25, 0.3) is 0 Å². The van der Waals surface area contributed by atoms with Crippen LogP contribution >= 0.6 is 0 Å². The van der Waals surface area contributed by atoms with Gasteiger partial charge in [0.05, 0.1) is 6.61 Å². The summed E-state index contributed by atoms with van der Waals surface area (Å²) in [5, 5.41) is 0. The summed E-state index contributed by atoms with van der Waals surface area (Å²) in [6, 6.07) is 7.83. The number of nitrogens with zero attached hydrogens (tertiary/aromatic N) is 1. The number of hydrogen-bond acceptors (Lipinski definition) is 4. The highest BCUT2D eigenvalue weighted by Gasteiger charge is 2.40. The molecule has 1 aliphatic carbocycles. The fraction of sp³-hybridized carbons (Fsp3) is 0.500. The Morgan fingerprint density at radius 2 is 2.10 bits per heavy atom. The van der Waals surface area contributed by atoms with Crippen molar-refractivity contribution >= 4 is 11.9 Å². The standard InChI is InChI=1S/C16H19NO4/c1-2-20-15(18)10-17(12-7-8-12)16(19)14-9-11-5-3-4-6-13(11)21-14/h3-6,12,14H,2,7-10H2,1H3. The molecule has 1 fully saturated rings. The van der Waals surface area contributed by atoms with Crippen LogP contribution in [0.2, 0.25) is 0 Å². The Bertz CT molecular complexity index is 528. The minimum absolute atomic E-state index is 0.0214. The predicted octanol–water partition coefficient (Wildman–Crippen LogP) is 1.54. The number of carbonyl (C=O) groups excluding carboxylic acids is 2. The first-order valence-electron chi connectivity index (χ1n) is 7.39. The molecule has 1 unspecified atom stereocenters. The molecule has 0 N–H and O–H groups in total. The lowest BCUT2D eigenvalue weighted by atomic mass is 10.1. The largest absolute Gasteiger partial charge is 0.480 e. The second kappa shape index (κ2) is 5.76. The number of hydrogen-bond donors (Lipinski definition) is 0. The number of amides is 1. The van der Waals surface area contributed by atoms with Gasteiger partial charge in [-0.3, -0.25) is 9.59 Å². The van der Waals surface area contributed by atoms with Crippen molar-refractivity contribution in [2.75, 3.05) is 13.2 Å². The highest BCUT2D eigenvalue weighted by atomic mass is 16.5. The number of esters is 1. The summed E-state index contributed by atoms with van der Waals surface area (Å²) in [5.74, 6) is 0.303. The highest BCUT2D eigenvalue weighted by molar-refractivity contribution is 5.87. The molecule has 0 saturated heterocycles. The van der Waals surface area contributed by atoms with Crippen LogP contribution in [0.15, 0.2) is 24.3 Å². The van der Waals surface area contributed by atoms with Gasteiger partial charge in [-0.1, -0.05) is 18.2 Å². The van der Waals surface area contributed by atoms with E-state index in [4.69, 9.17) is 9.47 Å². The maximum absolute atomic E-state index is 12.6. The van der Waals surface area contributed by atoms with Gasteiger partial charge < -0.3 is 14.4 Å². The van der Waals surface area contributed by atoms with Crippen molar-refractivity contribution in [3.8, 4) is 5.75 Å². The molecule has 5 nitrogen and oxygen atoms in total. The molecule has 2 aliphatic rings. The summed E-state index contributed by atoms with van der Waals surface area (Å²) < 4.78 is 10.7. The Morgan fingerprint density at radius 3 is 2.76 bits per heavy atom. The zero-order chi connectivity index (χ0) is 14.8. The molecule has 5 heteroatoms. The van der Waals surface area contributed by atoms with Gasteiger partial charge in [-0.2, -0.15) is 0 Å². The maximum atomic E-state index is 12.6. The molecule has 1 atom stereocenters. The molecule has 1 aromatic rings. The van der Waals surface area contributed by atoms with Crippen molar-refractivity contribution in [2.45, 2.75) is 38.3 Å². The van der Waals surface area contributed by atoms with Gasteiger partial charge in [0, 0.05) is 12.5 Å². The highest BCUT2D eigenvalue weighted by Crippen LogP contribution is 2.32. The van der Waals surface area contributed by atoms with Crippen LogP contribution in [0.3, 0.4) is 0 Å². The van der Waals surface area contributed by atoms with Gasteiger partial charge in [-0.05, 0) is 31.4 Å². The quantitative estimate of drug-likeness (QED) is 0.772. The third-order valence-electron chi connectivity index (χ3n) is 3.80. The summed E-state index contributed by atoms with van der Waals surface area (Å²) in [6.07, 6.45) is 1.95. The van der Waals surface area contributed by atoms with Crippen LogP contribution in [0.5, 0.6) is 5.75 Å². The summed E-state index contributed by atoms with van der Waals surface area (Å²) in [6.45, 7) is 2.11. The molecule has 21 heavy (non-hydrogen) atoms. The van der Waals surface area contributed by atoms with Crippen molar-refractivity contribution < 1.29 is 19.1 Å². The Labute approximate surface area is 123 Å². The third kappa shape index (κ3) is 3.01. The molecule has 112 valence electrons. The van der Waals surface area contributed by atoms with E-state index in [0.717, 1.165) is 24.2 Å². The number of ether oxygens (including phenoxy) is 2. The Kier molecular flexibility index (Phi) is 3.82. The minimum Gasteiger partial charge on any atom is -0.480 e. The molecule has 3 rings (SSSR count). The topological polar surface area (TPSA) is 55.8 Å². The predicted molar refractivity (Wildman–Crippen MR) is 75.9 cm³/mol. The smallest absolute Gasteiger partial charge is 0.325 e. The van der Waals surface area contributed by atoms with Gasteiger partial charge in [-0.25, -0.2) is 0 Å². The summed E-state index contributed by atoms with van der Waals surface area (Å²) in [4.78, 5) is 25.9. The molecule has 1 aliphatic heterocycles. The molecule has 0 aromatic heterocycles. The van der Waals surface area contributed by atoms with Crippen LogP contribution < -0.4 is 4.74 Å². The monoisotopic (exact) mass is 289 g/mol. The van der Waals surface area contributed by atoms with Crippen molar-refractivity contribution in [2.24, 2.45) is 0 Å². The molecule has 0 radical (unpaired) electrons. The zero-order valence-electron chi connectivity index (χ0n) is 12.1. The van der Waals surface area contributed by atoms with Crippen molar-refractivity contribution in [1.82, 2.24) is 4.90 Å². The minimum atomic E-state index is -0.516. The second-order valence-electron chi connectivity index (χ2n) is 5.42. The lowest BCUT2D eigenvalue weighted by Crippen LogP contribution is -2.45. The van der Waals surface area contributed by atoms with E-state index in [1.807, 2.05) is 24.3 Å². The summed E-state index contributed by atoms with van der Waals surface area (Å²) in [5.41, 5.74) is 1.04.